The van der Waals surface area contributed by atoms with Gasteiger partial charge in [0.1, 0.15) is 0 Å². The minimum absolute atomic E-state index is 0. The molecule has 152 valence electrons. The van der Waals surface area contributed by atoms with Gasteiger partial charge >= 0.3 is 18.9 Å². The van der Waals surface area contributed by atoms with Gasteiger partial charge in [-0.1, -0.05) is 56.2 Å². The van der Waals surface area contributed by atoms with Crippen molar-refractivity contribution in [2.24, 2.45) is 0 Å². The number of unbranched alkanes of at least 4 members (excludes halogenated alkanes) is 1. The van der Waals surface area contributed by atoms with Gasteiger partial charge in [0.05, 0.1) is 13.2 Å². The molecule has 0 amide bonds. The number of rotatable bonds is 5. The van der Waals surface area contributed by atoms with Crippen LogP contribution in [0.15, 0.2) is 36.4 Å². The minimum Gasteiger partial charge on any atom is -0.558 e. The van der Waals surface area contributed by atoms with Crippen LogP contribution in [-0.4, -0.2) is 31.0 Å². The summed E-state index contributed by atoms with van der Waals surface area (Å²) in [5.41, 5.74) is 1.51. The summed E-state index contributed by atoms with van der Waals surface area (Å²) in [4.78, 5) is 0. The number of benzene rings is 2. The van der Waals surface area contributed by atoms with Gasteiger partial charge in [-0.2, -0.15) is 0 Å². The van der Waals surface area contributed by atoms with E-state index in [1.54, 1.807) is 0 Å². The first kappa shape index (κ1) is 22.9. The average Bonchev–Trinajstić information content (AvgIpc) is 3.24. The number of ether oxygens (including phenoxy) is 2. The number of hydrogen-bond acceptors (Lipinski definition) is 4. The maximum Gasteiger partial charge on any atom is 1.00 e. The molecule has 2 aliphatic heterocycles. The summed E-state index contributed by atoms with van der Waals surface area (Å²) >= 11 is 0. The van der Waals surface area contributed by atoms with Crippen LogP contribution in [0.5, 0.6) is 0 Å². The molecule has 0 spiro atoms. The largest absolute Gasteiger partial charge is 1.00 e. The average molecular weight is 390 g/mol. The fourth-order valence-electron chi connectivity index (χ4n) is 4.61. The van der Waals surface area contributed by atoms with Gasteiger partial charge in [-0.05, 0) is 38.5 Å². The van der Waals surface area contributed by atoms with Crippen molar-refractivity contribution >= 4 is 22.8 Å². The Balaban J connectivity index is 0.00000240. The Morgan fingerprint density at radius 3 is 2.07 bits per heavy atom. The smallest absolute Gasteiger partial charge is 0.558 e. The zero-order valence-corrected chi connectivity index (χ0v) is 18.8. The van der Waals surface area contributed by atoms with Crippen molar-refractivity contribution in [3.8, 4) is 0 Å². The first-order chi connectivity index (χ1) is 13.3. The number of hydrogen-bond donors (Lipinski definition) is 0. The van der Waals surface area contributed by atoms with Crippen molar-refractivity contribution in [1.29, 1.82) is 0 Å². The molecule has 0 unspecified atom stereocenters. The summed E-state index contributed by atoms with van der Waals surface area (Å²) < 4.78 is 25.2. The van der Waals surface area contributed by atoms with E-state index < -0.39 is 6.55 Å². The van der Waals surface area contributed by atoms with Crippen molar-refractivity contribution in [2.45, 2.75) is 71.3 Å². The topological polar surface area (TPSA) is 36.9 Å². The van der Waals surface area contributed by atoms with Gasteiger partial charge < -0.3 is 18.8 Å². The molecule has 4 rings (SSSR count). The zero-order valence-electron chi connectivity index (χ0n) is 18.8. The molecule has 2 heterocycles. The van der Waals surface area contributed by atoms with E-state index in [0.717, 1.165) is 35.6 Å². The normalized spacial score (nSPS) is 22.7. The van der Waals surface area contributed by atoms with Gasteiger partial charge in [0.15, 0.2) is 6.29 Å². The second-order valence-corrected chi connectivity index (χ2v) is 9.13. The van der Waals surface area contributed by atoms with Crippen LogP contribution in [0.3, 0.4) is 0 Å². The Bertz CT molecular complexity index is 845. The molecule has 0 N–H and O–H groups in total. The summed E-state index contributed by atoms with van der Waals surface area (Å²) in [5.74, 6) is 0. The molecule has 0 radical (unpaired) electrons. The second kappa shape index (κ2) is 8.38. The van der Waals surface area contributed by atoms with Crippen LogP contribution in [0.2, 0.25) is 6.32 Å². The molecule has 2 saturated heterocycles. The monoisotopic (exact) mass is 390 g/mol. The Labute approximate surface area is 186 Å². The van der Waals surface area contributed by atoms with Gasteiger partial charge in [-0.15, -0.1) is 11.8 Å². The van der Waals surface area contributed by atoms with E-state index in [0.29, 0.717) is 13.2 Å². The summed E-state index contributed by atoms with van der Waals surface area (Å²) in [5, 5.41) is 2.32. The van der Waals surface area contributed by atoms with E-state index >= 15 is 0 Å². The Kier molecular flexibility index (Phi) is 6.61. The third kappa shape index (κ3) is 3.94. The van der Waals surface area contributed by atoms with Crippen molar-refractivity contribution in [3.63, 3.8) is 0 Å². The maximum atomic E-state index is 6.79. The van der Waals surface area contributed by atoms with E-state index in [4.69, 9.17) is 18.8 Å². The minimum atomic E-state index is -1.59. The van der Waals surface area contributed by atoms with Crippen LogP contribution in [0.4, 0.5) is 0 Å². The summed E-state index contributed by atoms with van der Waals surface area (Å²) in [6, 6.07) is 12.8. The molecule has 2 aromatic rings. The predicted octanol–water partition coefficient (Wildman–Crippen LogP) is 1.94. The quantitative estimate of drug-likeness (QED) is 0.732. The van der Waals surface area contributed by atoms with Crippen LogP contribution >= 0.6 is 0 Å². The first-order valence-corrected chi connectivity index (χ1v) is 10.6. The van der Waals surface area contributed by atoms with Crippen LogP contribution in [-0.2, 0) is 18.8 Å². The first-order valence-electron chi connectivity index (χ1n) is 10.6. The van der Waals surface area contributed by atoms with E-state index in [-0.39, 0.29) is 36.4 Å². The van der Waals surface area contributed by atoms with Crippen LogP contribution in [0, 0.1) is 0 Å². The Morgan fingerprint density at radius 1 is 0.897 bits per heavy atom. The number of fused-ring (bicyclic) bond motifs is 1. The van der Waals surface area contributed by atoms with Crippen LogP contribution in [0.25, 0.3) is 10.8 Å². The fourth-order valence-corrected chi connectivity index (χ4v) is 4.61. The predicted molar refractivity (Wildman–Crippen MR) is 114 cm³/mol. The molecular formula is C23H32BLiO4. The van der Waals surface area contributed by atoms with Crippen LogP contribution in [0.1, 0.15) is 59.3 Å². The molecule has 2 aromatic carbocycles. The van der Waals surface area contributed by atoms with E-state index in [2.05, 4.69) is 71.0 Å². The molecule has 4 nitrogen and oxygen atoms in total. The summed E-state index contributed by atoms with van der Waals surface area (Å²) in [6.45, 7) is 10.5. The molecule has 0 atom stereocenters. The van der Waals surface area contributed by atoms with Gasteiger partial charge in [0.25, 0.3) is 6.55 Å². The molecule has 2 fully saturated rings. The third-order valence-electron chi connectivity index (χ3n) is 6.70. The third-order valence-corrected chi connectivity index (χ3v) is 6.70. The van der Waals surface area contributed by atoms with Gasteiger partial charge in [-0.25, -0.2) is 0 Å². The SMILES string of the molecule is CCCC[B-]1(c2ccc(C3OCCO3)c3ccccc23)OC(C)(C)C(C)(C)O1.[Li+]. The standard InChI is InChI=1S/C23H32BO4.Li/c1-6-7-14-24(27-22(2,3)23(4,5)28-24)20-13-12-19(21-25-15-16-26-21)17-10-8-9-11-18(17)20;/h8-13,21H,6-7,14-16H2,1-5H3;/q-1;+1. The zero-order chi connectivity index (χ0) is 20.0. The van der Waals surface area contributed by atoms with Gasteiger partial charge in [0.2, 0.25) is 0 Å². The van der Waals surface area contributed by atoms with E-state index in [9.17, 15) is 0 Å². The maximum absolute atomic E-state index is 6.79. The molecule has 0 aliphatic carbocycles. The Hall–Kier alpha value is -0.798. The molecule has 2 aliphatic rings. The van der Waals surface area contributed by atoms with Crippen molar-refractivity contribution in [2.75, 3.05) is 13.2 Å². The van der Waals surface area contributed by atoms with Gasteiger partial charge in [0, 0.05) is 16.8 Å². The molecule has 0 aromatic heterocycles. The van der Waals surface area contributed by atoms with E-state index in [1.165, 1.54) is 5.39 Å². The fraction of sp³-hybridized carbons (Fsp3) is 0.565. The van der Waals surface area contributed by atoms with Gasteiger partial charge in [-0.3, -0.25) is 0 Å². The van der Waals surface area contributed by atoms with E-state index in [1.807, 2.05) is 0 Å². The molecule has 6 heteroatoms. The van der Waals surface area contributed by atoms with Crippen LogP contribution < -0.4 is 24.3 Å². The van der Waals surface area contributed by atoms with Crippen molar-refractivity contribution in [3.05, 3.63) is 42.0 Å². The summed E-state index contributed by atoms with van der Waals surface area (Å²) in [6.07, 6.45) is 2.77. The molecule has 0 saturated carbocycles. The Morgan fingerprint density at radius 2 is 1.48 bits per heavy atom. The van der Waals surface area contributed by atoms with Crippen molar-refractivity contribution in [1.82, 2.24) is 0 Å². The summed E-state index contributed by atoms with van der Waals surface area (Å²) in [7, 11) is 0. The molecular weight excluding hydrogens is 358 g/mol. The second-order valence-electron chi connectivity index (χ2n) is 9.13. The molecule has 29 heavy (non-hydrogen) atoms. The van der Waals surface area contributed by atoms with Crippen molar-refractivity contribution < 1.29 is 37.6 Å². The molecule has 0 bridgehead atoms.